The molecule has 0 fully saturated rings. The number of benzene rings is 1. The maximum Gasteiger partial charge on any atom is 0.0807 e. The smallest absolute Gasteiger partial charge is 0.0807 e. The van der Waals surface area contributed by atoms with Gasteiger partial charge in [-0.05, 0) is 12.8 Å². The first-order valence-corrected chi connectivity index (χ1v) is 7.04. The third-order valence-corrected chi connectivity index (χ3v) is 3.78. The van der Waals surface area contributed by atoms with Crippen molar-refractivity contribution in [3.8, 4) is 0 Å². The van der Waals surface area contributed by atoms with Crippen molar-refractivity contribution in [2.45, 2.75) is 38.1 Å². The number of rotatable bonds is 8. The van der Waals surface area contributed by atoms with E-state index >= 15 is 0 Å². The van der Waals surface area contributed by atoms with Gasteiger partial charge in [0.25, 0.3) is 0 Å². The second kappa shape index (κ2) is 8.48. The van der Waals surface area contributed by atoms with Gasteiger partial charge in [-0.15, -0.1) is 6.58 Å². The van der Waals surface area contributed by atoms with Crippen molar-refractivity contribution in [3.63, 3.8) is 0 Å². The van der Waals surface area contributed by atoms with Crippen LogP contribution in [0.15, 0.2) is 43.0 Å². The largest absolute Gasteiger partial charge is 0.103 e. The average molecular weight is 216 g/mol. The Balaban J connectivity index is 1.95. The van der Waals surface area contributed by atoms with Crippen molar-refractivity contribution in [2.75, 3.05) is 0 Å². The normalized spacial score (nSPS) is 10.1. The van der Waals surface area contributed by atoms with Crippen LogP contribution in [0.25, 0.3) is 0 Å². The van der Waals surface area contributed by atoms with E-state index in [-0.39, 0.29) is 0 Å². The van der Waals surface area contributed by atoms with Gasteiger partial charge in [0.2, 0.25) is 0 Å². The molecule has 0 saturated carbocycles. The Morgan fingerprint density at radius 3 is 2.47 bits per heavy atom. The lowest BCUT2D eigenvalue weighted by Crippen LogP contribution is -2.12. The van der Waals surface area contributed by atoms with Crippen LogP contribution in [0.3, 0.4) is 0 Å². The van der Waals surface area contributed by atoms with Gasteiger partial charge in [-0.1, -0.05) is 66.9 Å². The first-order chi connectivity index (χ1) is 7.43. The SMILES string of the molecule is C=CCCCCCC[Si]c1ccccc1. The van der Waals surface area contributed by atoms with E-state index < -0.39 is 0 Å². The molecule has 15 heavy (non-hydrogen) atoms. The summed E-state index contributed by atoms with van der Waals surface area (Å²) in [6.45, 7) is 3.74. The van der Waals surface area contributed by atoms with E-state index in [1.165, 1.54) is 43.3 Å². The van der Waals surface area contributed by atoms with E-state index in [1.54, 1.807) is 0 Å². The summed E-state index contributed by atoms with van der Waals surface area (Å²) >= 11 is 0. The van der Waals surface area contributed by atoms with Gasteiger partial charge in [0.1, 0.15) is 0 Å². The maximum absolute atomic E-state index is 3.74. The molecule has 0 atom stereocenters. The number of unbranched alkanes of at least 4 members (excludes halogenated alkanes) is 4. The van der Waals surface area contributed by atoms with Crippen molar-refractivity contribution in [3.05, 3.63) is 43.0 Å². The van der Waals surface area contributed by atoms with Gasteiger partial charge in [-0.2, -0.15) is 0 Å². The molecule has 0 amide bonds. The highest BCUT2D eigenvalue weighted by Crippen LogP contribution is 2.05. The van der Waals surface area contributed by atoms with Gasteiger partial charge in [-0.3, -0.25) is 0 Å². The molecule has 2 radical (unpaired) electrons. The average Bonchev–Trinajstić information content (AvgIpc) is 2.29. The van der Waals surface area contributed by atoms with Crippen molar-refractivity contribution < 1.29 is 0 Å². The molecule has 0 bridgehead atoms. The summed E-state index contributed by atoms with van der Waals surface area (Å²) in [7, 11) is 0.997. The summed E-state index contributed by atoms with van der Waals surface area (Å²) in [6.07, 6.45) is 8.65. The van der Waals surface area contributed by atoms with Gasteiger partial charge >= 0.3 is 0 Å². The van der Waals surface area contributed by atoms with Gasteiger partial charge in [-0.25, -0.2) is 0 Å². The van der Waals surface area contributed by atoms with E-state index in [0.717, 1.165) is 9.52 Å². The molecular formula is C14H20Si. The van der Waals surface area contributed by atoms with Gasteiger partial charge in [0, 0.05) is 0 Å². The molecule has 0 heterocycles. The van der Waals surface area contributed by atoms with E-state index in [2.05, 4.69) is 36.9 Å². The fourth-order valence-electron chi connectivity index (χ4n) is 1.56. The van der Waals surface area contributed by atoms with Crippen molar-refractivity contribution in [2.24, 2.45) is 0 Å². The zero-order valence-corrected chi connectivity index (χ0v) is 10.4. The molecule has 0 unspecified atom stereocenters. The molecule has 0 aliphatic carbocycles. The van der Waals surface area contributed by atoms with Crippen LogP contribution in [0.2, 0.25) is 6.04 Å². The lowest BCUT2D eigenvalue weighted by molar-refractivity contribution is 0.674. The predicted octanol–water partition coefficient (Wildman–Crippen LogP) is 3.57. The van der Waals surface area contributed by atoms with Crippen LogP contribution in [-0.4, -0.2) is 9.52 Å². The highest BCUT2D eigenvalue weighted by atomic mass is 28.2. The van der Waals surface area contributed by atoms with Crippen LogP contribution in [0.5, 0.6) is 0 Å². The van der Waals surface area contributed by atoms with E-state index in [0.29, 0.717) is 0 Å². The van der Waals surface area contributed by atoms with Crippen molar-refractivity contribution in [1.82, 2.24) is 0 Å². The Morgan fingerprint density at radius 1 is 1.00 bits per heavy atom. The summed E-state index contributed by atoms with van der Waals surface area (Å²) in [4.78, 5) is 0. The van der Waals surface area contributed by atoms with Gasteiger partial charge in [0.15, 0.2) is 0 Å². The van der Waals surface area contributed by atoms with Gasteiger partial charge in [0.05, 0.1) is 9.52 Å². The molecule has 1 heteroatoms. The first-order valence-electron chi connectivity index (χ1n) is 5.83. The molecule has 80 valence electrons. The second-order valence-corrected chi connectivity index (χ2v) is 5.22. The summed E-state index contributed by atoms with van der Waals surface area (Å²) in [5.74, 6) is 0. The minimum Gasteiger partial charge on any atom is -0.103 e. The third-order valence-electron chi connectivity index (χ3n) is 2.44. The lowest BCUT2D eigenvalue weighted by Gasteiger charge is -2.00. The van der Waals surface area contributed by atoms with E-state index in [9.17, 15) is 0 Å². The van der Waals surface area contributed by atoms with Crippen LogP contribution in [0.1, 0.15) is 32.1 Å². The minimum atomic E-state index is 0.997. The Hall–Kier alpha value is -0.823. The standard InChI is InChI=1S/C14H20Si/c1-2-3-4-5-6-10-13-15-14-11-8-7-9-12-14/h2,7-9,11-12H,1,3-6,10,13H2. The zero-order valence-electron chi connectivity index (χ0n) is 9.41. The van der Waals surface area contributed by atoms with E-state index in [1.807, 2.05) is 6.08 Å². The fraction of sp³-hybridized carbons (Fsp3) is 0.429. The minimum absolute atomic E-state index is 0.997. The highest BCUT2D eigenvalue weighted by Gasteiger charge is 1.93. The number of allylic oxidation sites excluding steroid dienone is 1. The molecule has 0 aliphatic rings. The fourth-order valence-corrected chi connectivity index (χ4v) is 2.70. The first kappa shape index (κ1) is 12.2. The summed E-state index contributed by atoms with van der Waals surface area (Å²) in [5, 5.41) is 1.50. The summed E-state index contributed by atoms with van der Waals surface area (Å²) in [6, 6.07) is 12.2. The molecule has 1 aromatic carbocycles. The summed E-state index contributed by atoms with van der Waals surface area (Å²) < 4.78 is 0. The lowest BCUT2D eigenvalue weighted by atomic mass is 10.1. The number of hydrogen-bond acceptors (Lipinski definition) is 0. The van der Waals surface area contributed by atoms with Crippen LogP contribution in [-0.2, 0) is 0 Å². The monoisotopic (exact) mass is 216 g/mol. The highest BCUT2D eigenvalue weighted by molar-refractivity contribution is 6.53. The molecule has 0 aliphatic heterocycles. The molecule has 0 N–H and O–H groups in total. The van der Waals surface area contributed by atoms with Crippen LogP contribution in [0, 0.1) is 0 Å². The Kier molecular flexibility index (Phi) is 6.93. The van der Waals surface area contributed by atoms with Gasteiger partial charge < -0.3 is 0 Å². The quantitative estimate of drug-likeness (QED) is 0.354. The molecule has 0 aromatic heterocycles. The van der Waals surface area contributed by atoms with E-state index in [4.69, 9.17) is 0 Å². The maximum atomic E-state index is 3.74. The summed E-state index contributed by atoms with van der Waals surface area (Å²) in [5.41, 5.74) is 0. The van der Waals surface area contributed by atoms with Crippen molar-refractivity contribution in [1.29, 1.82) is 0 Å². The second-order valence-electron chi connectivity index (χ2n) is 3.78. The molecule has 0 saturated heterocycles. The van der Waals surface area contributed by atoms with Crippen LogP contribution < -0.4 is 5.19 Å². The Bertz CT molecular complexity index is 253. The predicted molar refractivity (Wildman–Crippen MR) is 69.9 cm³/mol. The Morgan fingerprint density at radius 2 is 1.73 bits per heavy atom. The topological polar surface area (TPSA) is 0 Å². The number of hydrogen-bond donors (Lipinski definition) is 0. The zero-order chi connectivity index (χ0) is 10.8. The molecule has 1 aromatic rings. The van der Waals surface area contributed by atoms with Crippen LogP contribution in [0.4, 0.5) is 0 Å². The Labute approximate surface area is 96.2 Å². The molecular weight excluding hydrogens is 196 g/mol. The molecule has 0 nitrogen and oxygen atoms in total. The third kappa shape index (κ3) is 6.29. The molecule has 1 rings (SSSR count). The van der Waals surface area contributed by atoms with Crippen LogP contribution >= 0.6 is 0 Å². The van der Waals surface area contributed by atoms with Crippen molar-refractivity contribution >= 4 is 14.7 Å². The molecule has 0 spiro atoms.